The van der Waals surface area contributed by atoms with Crippen LogP contribution in [0.1, 0.15) is 5.56 Å². The van der Waals surface area contributed by atoms with E-state index in [4.69, 9.17) is 16.3 Å². The van der Waals surface area contributed by atoms with Crippen molar-refractivity contribution in [3.63, 3.8) is 0 Å². The summed E-state index contributed by atoms with van der Waals surface area (Å²) >= 11 is 5.83. The SMILES string of the molecule is COc1ccc(NCC(=O)NCCc2ccc(Cl)cc2)cc1. The zero-order valence-electron chi connectivity index (χ0n) is 12.4. The highest BCUT2D eigenvalue weighted by Crippen LogP contribution is 2.14. The van der Waals surface area contributed by atoms with Crippen LogP contribution in [0.4, 0.5) is 5.69 Å². The monoisotopic (exact) mass is 318 g/mol. The molecular weight excluding hydrogens is 300 g/mol. The van der Waals surface area contributed by atoms with Crippen molar-refractivity contribution >= 4 is 23.2 Å². The summed E-state index contributed by atoms with van der Waals surface area (Å²) in [6.07, 6.45) is 0.783. The molecule has 1 amide bonds. The Balaban J connectivity index is 1.68. The number of methoxy groups -OCH3 is 1. The lowest BCUT2D eigenvalue weighted by Gasteiger charge is -2.08. The first-order valence-corrected chi connectivity index (χ1v) is 7.44. The van der Waals surface area contributed by atoms with Crippen LogP contribution in [0.5, 0.6) is 5.75 Å². The van der Waals surface area contributed by atoms with Gasteiger partial charge in [0.2, 0.25) is 5.91 Å². The van der Waals surface area contributed by atoms with Gasteiger partial charge in [-0.3, -0.25) is 4.79 Å². The van der Waals surface area contributed by atoms with Crippen molar-refractivity contribution < 1.29 is 9.53 Å². The third-order valence-corrected chi connectivity index (χ3v) is 3.44. The van der Waals surface area contributed by atoms with Gasteiger partial charge in [0, 0.05) is 17.3 Å². The molecule has 0 aromatic heterocycles. The van der Waals surface area contributed by atoms with E-state index in [1.54, 1.807) is 7.11 Å². The highest BCUT2D eigenvalue weighted by Gasteiger charge is 2.01. The van der Waals surface area contributed by atoms with Crippen molar-refractivity contribution in [2.45, 2.75) is 6.42 Å². The van der Waals surface area contributed by atoms with Gasteiger partial charge in [0.15, 0.2) is 0 Å². The number of carbonyl (C=O) groups excluding carboxylic acids is 1. The number of anilines is 1. The molecule has 4 nitrogen and oxygen atoms in total. The molecule has 0 saturated heterocycles. The summed E-state index contributed by atoms with van der Waals surface area (Å²) in [6, 6.07) is 15.1. The number of amides is 1. The maximum absolute atomic E-state index is 11.8. The second-order valence-corrected chi connectivity index (χ2v) is 5.24. The second-order valence-electron chi connectivity index (χ2n) is 4.81. The van der Waals surface area contributed by atoms with Gasteiger partial charge in [-0.05, 0) is 48.4 Å². The van der Waals surface area contributed by atoms with E-state index in [2.05, 4.69) is 10.6 Å². The average molecular weight is 319 g/mol. The third-order valence-electron chi connectivity index (χ3n) is 3.19. The summed E-state index contributed by atoms with van der Waals surface area (Å²) in [4.78, 5) is 11.8. The standard InChI is InChI=1S/C17H19ClN2O2/c1-22-16-8-6-15(7-9-16)20-12-17(21)19-11-10-13-2-4-14(18)5-3-13/h2-9,20H,10-12H2,1H3,(H,19,21). The van der Waals surface area contributed by atoms with Gasteiger partial charge in [-0.25, -0.2) is 0 Å². The summed E-state index contributed by atoms with van der Waals surface area (Å²) in [7, 11) is 1.62. The molecular formula is C17H19ClN2O2. The average Bonchev–Trinajstić information content (AvgIpc) is 2.55. The summed E-state index contributed by atoms with van der Waals surface area (Å²) in [5, 5.41) is 6.67. The number of benzene rings is 2. The Bertz CT molecular complexity index is 597. The molecule has 0 atom stereocenters. The lowest BCUT2D eigenvalue weighted by molar-refractivity contribution is -0.119. The number of rotatable bonds is 7. The molecule has 0 spiro atoms. The van der Waals surface area contributed by atoms with Gasteiger partial charge in [-0.2, -0.15) is 0 Å². The fraction of sp³-hybridized carbons (Fsp3) is 0.235. The van der Waals surface area contributed by atoms with E-state index in [9.17, 15) is 4.79 Å². The molecule has 0 aliphatic carbocycles. The van der Waals surface area contributed by atoms with Gasteiger partial charge in [-0.1, -0.05) is 23.7 Å². The van der Waals surface area contributed by atoms with Crippen LogP contribution in [-0.4, -0.2) is 26.1 Å². The molecule has 0 unspecified atom stereocenters. The van der Waals surface area contributed by atoms with Crippen molar-refractivity contribution in [2.75, 3.05) is 25.5 Å². The fourth-order valence-electron chi connectivity index (χ4n) is 1.95. The summed E-state index contributed by atoms with van der Waals surface area (Å²) in [6.45, 7) is 0.845. The Morgan fingerprint density at radius 1 is 1.09 bits per heavy atom. The molecule has 2 N–H and O–H groups in total. The molecule has 0 saturated carbocycles. The summed E-state index contributed by atoms with van der Waals surface area (Å²) in [5.74, 6) is 0.753. The molecule has 0 aliphatic rings. The van der Waals surface area contributed by atoms with Crippen LogP contribution >= 0.6 is 11.6 Å². The second kappa shape index (κ2) is 8.29. The van der Waals surface area contributed by atoms with Crippen LogP contribution in [0.25, 0.3) is 0 Å². The van der Waals surface area contributed by atoms with Crippen LogP contribution in [0.2, 0.25) is 5.02 Å². The highest BCUT2D eigenvalue weighted by molar-refractivity contribution is 6.30. The number of carbonyl (C=O) groups is 1. The van der Waals surface area contributed by atoms with E-state index >= 15 is 0 Å². The minimum absolute atomic E-state index is 0.0372. The van der Waals surface area contributed by atoms with Crippen LogP contribution in [0.3, 0.4) is 0 Å². The Morgan fingerprint density at radius 2 is 1.77 bits per heavy atom. The largest absolute Gasteiger partial charge is 0.497 e. The smallest absolute Gasteiger partial charge is 0.239 e. The molecule has 0 aliphatic heterocycles. The molecule has 22 heavy (non-hydrogen) atoms. The first-order valence-electron chi connectivity index (χ1n) is 7.06. The van der Waals surface area contributed by atoms with Crippen molar-refractivity contribution in [2.24, 2.45) is 0 Å². The van der Waals surface area contributed by atoms with Gasteiger partial charge in [0.05, 0.1) is 13.7 Å². The van der Waals surface area contributed by atoms with Crippen LogP contribution < -0.4 is 15.4 Å². The van der Waals surface area contributed by atoms with E-state index in [-0.39, 0.29) is 12.5 Å². The predicted molar refractivity (Wildman–Crippen MR) is 89.6 cm³/mol. The van der Waals surface area contributed by atoms with Crippen LogP contribution in [-0.2, 0) is 11.2 Å². The van der Waals surface area contributed by atoms with Crippen molar-refractivity contribution in [1.29, 1.82) is 0 Å². The summed E-state index contributed by atoms with van der Waals surface area (Å²) < 4.78 is 5.08. The highest BCUT2D eigenvalue weighted by atomic mass is 35.5. The van der Waals surface area contributed by atoms with E-state index in [0.29, 0.717) is 6.54 Å². The molecule has 0 bridgehead atoms. The van der Waals surface area contributed by atoms with Crippen LogP contribution in [0.15, 0.2) is 48.5 Å². The minimum atomic E-state index is -0.0372. The van der Waals surface area contributed by atoms with Crippen LogP contribution in [0, 0.1) is 0 Å². The van der Waals surface area contributed by atoms with E-state index < -0.39 is 0 Å². The maximum atomic E-state index is 11.8. The fourth-order valence-corrected chi connectivity index (χ4v) is 2.08. The maximum Gasteiger partial charge on any atom is 0.239 e. The summed E-state index contributed by atoms with van der Waals surface area (Å²) in [5.41, 5.74) is 2.03. The molecule has 2 rings (SSSR count). The van der Waals surface area contributed by atoms with Crippen molar-refractivity contribution in [3.8, 4) is 5.75 Å². The first-order chi connectivity index (χ1) is 10.7. The van der Waals surface area contributed by atoms with Gasteiger partial charge in [0.1, 0.15) is 5.75 Å². The van der Waals surface area contributed by atoms with Gasteiger partial charge < -0.3 is 15.4 Å². The molecule has 5 heteroatoms. The first kappa shape index (κ1) is 16.2. The lowest BCUT2D eigenvalue weighted by atomic mass is 10.1. The van der Waals surface area contributed by atoms with Gasteiger partial charge >= 0.3 is 0 Å². The molecule has 2 aromatic rings. The Hall–Kier alpha value is -2.20. The van der Waals surface area contributed by atoms with Gasteiger partial charge in [0.25, 0.3) is 0 Å². The quantitative estimate of drug-likeness (QED) is 0.824. The normalized spacial score (nSPS) is 10.1. The van der Waals surface area contributed by atoms with E-state index in [1.807, 2.05) is 48.5 Å². The van der Waals surface area contributed by atoms with Gasteiger partial charge in [-0.15, -0.1) is 0 Å². The molecule has 0 radical (unpaired) electrons. The Morgan fingerprint density at radius 3 is 2.41 bits per heavy atom. The lowest BCUT2D eigenvalue weighted by Crippen LogP contribution is -2.31. The number of nitrogens with one attached hydrogen (secondary N) is 2. The third kappa shape index (κ3) is 5.30. The van der Waals surface area contributed by atoms with Crippen molar-refractivity contribution in [3.05, 3.63) is 59.1 Å². The zero-order chi connectivity index (χ0) is 15.8. The topological polar surface area (TPSA) is 50.4 Å². The number of hydrogen-bond donors (Lipinski definition) is 2. The number of halogens is 1. The number of ether oxygens (including phenoxy) is 1. The Labute approximate surface area is 135 Å². The molecule has 116 valence electrons. The molecule has 0 heterocycles. The minimum Gasteiger partial charge on any atom is -0.497 e. The Kier molecular flexibility index (Phi) is 6.10. The van der Waals surface area contributed by atoms with E-state index in [0.717, 1.165) is 28.4 Å². The molecule has 2 aromatic carbocycles. The predicted octanol–water partition coefficient (Wildman–Crippen LogP) is 3.12. The van der Waals surface area contributed by atoms with Crippen molar-refractivity contribution in [1.82, 2.24) is 5.32 Å². The zero-order valence-corrected chi connectivity index (χ0v) is 13.2. The van der Waals surface area contributed by atoms with E-state index in [1.165, 1.54) is 0 Å². The molecule has 0 fully saturated rings. The number of hydrogen-bond acceptors (Lipinski definition) is 3.